The number of amides is 1. The molecule has 36 heavy (non-hydrogen) atoms. The van der Waals surface area contributed by atoms with Gasteiger partial charge >= 0.3 is 6.18 Å². The number of fused-ring (bicyclic) bond motifs is 1. The number of rotatable bonds is 3. The molecule has 1 atom stereocenters. The summed E-state index contributed by atoms with van der Waals surface area (Å²) in [6, 6.07) is 12.5. The molecule has 1 amide bonds. The van der Waals surface area contributed by atoms with Crippen LogP contribution in [-0.2, 0) is 22.2 Å². The van der Waals surface area contributed by atoms with Crippen molar-refractivity contribution in [2.24, 2.45) is 0 Å². The Morgan fingerprint density at radius 3 is 2.33 bits per heavy atom. The molecule has 0 aromatic heterocycles. The number of anilines is 1. The maximum absolute atomic E-state index is 13.7. The first-order valence-corrected chi connectivity index (χ1v) is 11.1. The Morgan fingerprint density at radius 2 is 1.67 bits per heavy atom. The quantitative estimate of drug-likeness (QED) is 0.215. The third-order valence-electron chi connectivity index (χ3n) is 6.28. The molecule has 3 aromatic carbocycles. The zero-order chi connectivity index (χ0) is 25.6. The summed E-state index contributed by atoms with van der Waals surface area (Å²) in [5.41, 5.74) is 0.286. The molecule has 1 saturated heterocycles. The van der Waals surface area contributed by atoms with Crippen molar-refractivity contribution in [3.63, 3.8) is 0 Å². The van der Waals surface area contributed by atoms with Gasteiger partial charge in [-0.1, -0.05) is 12.1 Å². The molecule has 0 radical (unpaired) electrons. The van der Waals surface area contributed by atoms with Gasteiger partial charge in [-0.25, -0.2) is 4.39 Å². The van der Waals surface area contributed by atoms with Crippen LogP contribution in [0.2, 0.25) is 0 Å². The zero-order valence-corrected chi connectivity index (χ0v) is 18.7. The van der Waals surface area contributed by atoms with Crippen molar-refractivity contribution in [2.75, 3.05) is 11.5 Å². The van der Waals surface area contributed by atoms with Crippen LogP contribution in [0.3, 0.4) is 0 Å². The van der Waals surface area contributed by atoms with E-state index in [-0.39, 0.29) is 16.8 Å². The van der Waals surface area contributed by atoms with Gasteiger partial charge in [-0.3, -0.25) is 14.5 Å². The Kier molecular flexibility index (Phi) is 5.78. The Bertz CT molecular complexity index is 1380. The van der Waals surface area contributed by atoms with E-state index in [9.17, 15) is 32.3 Å². The fourth-order valence-electron chi connectivity index (χ4n) is 4.53. The standard InChI is InChI=1S/C27H19F4NO4/c28-19-8-3-15(4-9-19)23-22(24(33)17-5-12-21-16(14-17)2-1-13-36-21)25(34)26(35)32(23)20-10-6-18(7-11-20)27(29,30)31/h3-12,14,23,33H,1-2,13H2/b24-22-. The number of ketones is 1. The van der Waals surface area contributed by atoms with Crippen molar-refractivity contribution >= 4 is 23.1 Å². The second-order valence-electron chi connectivity index (χ2n) is 8.54. The Hall–Kier alpha value is -4.14. The van der Waals surface area contributed by atoms with E-state index in [4.69, 9.17) is 4.74 Å². The third-order valence-corrected chi connectivity index (χ3v) is 6.28. The SMILES string of the molecule is O=C1C(=O)N(c2ccc(C(F)(F)F)cc2)C(c2ccc(F)cc2)/C1=C(/O)c1ccc2c(c1)CCCO2. The van der Waals surface area contributed by atoms with E-state index in [1.165, 1.54) is 12.1 Å². The van der Waals surface area contributed by atoms with Crippen LogP contribution in [0.1, 0.15) is 34.7 Å². The van der Waals surface area contributed by atoms with Crippen LogP contribution in [0.4, 0.5) is 23.2 Å². The molecule has 2 heterocycles. The molecule has 9 heteroatoms. The average molecular weight is 497 g/mol. The maximum atomic E-state index is 13.7. The zero-order valence-electron chi connectivity index (χ0n) is 18.7. The van der Waals surface area contributed by atoms with Crippen LogP contribution in [-0.4, -0.2) is 23.4 Å². The topological polar surface area (TPSA) is 66.8 Å². The molecule has 1 fully saturated rings. The van der Waals surface area contributed by atoms with Gasteiger partial charge < -0.3 is 9.84 Å². The summed E-state index contributed by atoms with van der Waals surface area (Å²) >= 11 is 0. The molecule has 0 saturated carbocycles. The van der Waals surface area contributed by atoms with E-state index in [0.29, 0.717) is 24.3 Å². The van der Waals surface area contributed by atoms with Crippen molar-refractivity contribution < 1.29 is 37.0 Å². The normalized spacial score (nSPS) is 19.2. The number of hydrogen-bond donors (Lipinski definition) is 1. The third kappa shape index (κ3) is 4.10. The first kappa shape index (κ1) is 23.6. The summed E-state index contributed by atoms with van der Waals surface area (Å²) in [5, 5.41) is 11.2. The van der Waals surface area contributed by atoms with Gasteiger partial charge in [0.2, 0.25) is 0 Å². The van der Waals surface area contributed by atoms with Gasteiger partial charge in [0.1, 0.15) is 17.3 Å². The number of aryl methyl sites for hydroxylation is 1. The Balaban J connectivity index is 1.66. The molecule has 3 aromatic rings. The monoisotopic (exact) mass is 497 g/mol. The minimum Gasteiger partial charge on any atom is -0.507 e. The molecule has 5 nitrogen and oxygen atoms in total. The summed E-state index contributed by atoms with van der Waals surface area (Å²) in [6.45, 7) is 0.571. The molecule has 2 aliphatic rings. The maximum Gasteiger partial charge on any atom is 0.416 e. The van der Waals surface area contributed by atoms with Crippen LogP contribution < -0.4 is 9.64 Å². The molecular weight excluding hydrogens is 478 g/mol. The van der Waals surface area contributed by atoms with Crippen molar-refractivity contribution in [3.8, 4) is 5.75 Å². The molecule has 1 N–H and O–H groups in total. The number of aliphatic hydroxyl groups is 1. The van der Waals surface area contributed by atoms with Crippen molar-refractivity contribution in [1.29, 1.82) is 0 Å². The summed E-state index contributed by atoms with van der Waals surface area (Å²) in [5.74, 6) is -2.36. The predicted molar refractivity (Wildman–Crippen MR) is 123 cm³/mol. The summed E-state index contributed by atoms with van der Waals surface area (Å²) in [7, 11) is 0. The minimum atomic E-state index is -4.58. The van der Waals surface area contributed by atoms with Crippen molar-refractivity contribution in [2.45, 2.75) is 25.1 Å². The van der Waals surface area contributed by atoms with E-state index in [1.54, 1.807) is 18.2 Å². The molecule has 5 rings (SSSR count). The molecule has 0 spiro atoms. The number of ether oxygens (including phenoxy) is 1. The second-order valence-corrected chi connectivity index (χ2v) is 8.54. The number of Topliss-reactive ketones (excluding diaryl/α,β-unsaturated/α-hetero) is 1. The molecule has 2 aliphatic heterocycles. The highest BCUT2D eigenvalue weighted by Crippen LogP contribution is 2.43. The van der Waals surface area contributed by atoms with Gasteiger partial charge in [0.25, 0.3) is 11.7 Å². The number of carbonyl (C=O) groups is 2. The van der Waals surface area contributed by atoms with E-state index < -0.39 is 41.0 Å². The van der Waals surface area contributed by atoms with Gasteiger partial charge in [0.15, 0.2) is 0 Å². The number of hydrogen-bond acceptors (Lipinski definition) is 4. The van der Waals surface area contributed by atoms with Crippen LogP contribution in [0.15, 0.2) is 72.3 Å². The van der Waals surface area contributed by atoms with E-state index in [1.807, 2.05) is 0 Å². The van der Waals surface area contributed by atoms with Gasteiger partial charge in [0.05, 0.1) is 23.8 Å². The smallest absolute Gasteiger partial charge is 0.416 e. The average Bonchev–Trinajstić information content (AvgIpc) is 3.13. The number of carbonyl (C=O) groups excluding carboxylic acids is 2. The molecular formula is C27H19F4NO4. The fourth-order valence-corrected chi connectivity index (χ4v) is 4.53. The van der Waals surface area contributed by atoms with Crippen LogP contribution in [0, 0.1) is 5.82 Å². The highest BCUT2D eigenvalue weighted by molar-refractivity contribution is 6.51. The van der Waals surface area contributed by atoms with Gasteiger partial charge in [-0.2, -0.15) is 13.2 Å². The Morgan fingerprint density at radius 1 is 0.972 bits per heavy atom. The molecule has 1 unspecified atom stereocenters. The first-order valence-electron chi connectivity index (χ1n) is 11.1. The molecule has 184 valence electrons. The highest BCUT2D eigenvalue weighted by Gasteiger charge is 2.47. The highest BCUT2D eigenvalue weighted by atomic mass is 19.4. The molecule has 0 aliphatic carbocycles. The van der Waals surface area contributed by atoms with E-state index in [2.05, 4.69) is 0 Å². The Labute approximate surface area is 203 Å². The minimum absolute atomic E-state index is 0.0253. The van der Waals surface area contributed by atoms with Gasteiger partial charge in [0, 0.05) is 11.3 Å². The number of nitrogens with zero attached hydrogens (tertiary/aromatic N) is 1. The molecule has 0 bridgehead atoms. The van der Waals surface area contributed by atoms with Crippen LogP contribution in [0.5, 0.6) is 5.75 Å². The van der Waals surface area contributed by atoms with Crippen molar-refractivity contribution in [3.05, 3.63) is 100 Å². The van der Waals surface area contributed by atoms with Crippen molar-refractivity contribution in [1.82, 2.24) is 0 Å². The van der Waals surface area contributed by atoms with Gasteiger partial charge in [-0.15, -0.1) is 0 Å². The summed E-state index contributed by atoms with van der Waals surface area (Å²) < 4.78 is 58.5. The van der Waals surface area contributed by atoms with E-state index >= 15 is 0 Å². The summed E-state index contributed by atoms with van der Waals surface area (Å²) in [6.07, 6.45) is -3.10. The lowest BCUT2D eigenvalue weighted by atomic mass is 9.94. The number of benzene rings is 3. The largest absolute Gasteiger partial charge is 0.507 e. The van der Waals surface area contributed by atoms with Crippen LogP contribution in [0.25, 0.3) is 5.76 Å². The van der Waals surface area contributed by atoms with E-state index in [0.717, 1.165) is 53.3 Å². The number of aliphatic hydroxyl groups excluding tert-OH is 1. The lowest BCUT2D eigenvalue weighted by molar-refractivity contribution is -0.137. The number of halogens is 4. The predicted octanol–water partition coefficient (Wildman–Crippen LogP) is 5.80. The van der Waals surface area contributed by atoms with Crippen LogP contribution >= 0.6 is 0 Å². The first-order chi connectivity index (χ1) is 17.1. The fraction of sp³-hybridized carbons (Fsp3) is 0.185. The van der Waals surface area contributed by atoms with Gasteiger partial charge in [-0.05, 0) is 78.6 Å². The summed E-state index contributed by atoms with van der Waals surface area (Å²) in [4.78, 5) is 27.3. The second kappa shape index (κ2) is 8.82. The number of alkyl halides is 3. The lowest BCUT2D eigenvalue weighted by Crippen LogP contribution is -2.29. The lowest BCUT2D eigenvalue weighted by Gasteiger charge is -2.26.